The molecule has 12 heavy (non-hydrogen) atoms. The number of carboxylic acid groups (broad SMARTS) is 1. The third-order valence-corrected chi connectivity index (χ3v) is 1.79. The van der Waals surface area contributed by atoms with Crippen LogP contribution in [0.4, 0.5) is 0 Å². The van der Waals surface area contributed by atoms with Crippen molar-refractivity contribution in [1.29, 1.82) is 0 Å². The van der Waals surface area contributed by atoms with Gasteiger partial charge in [-0.15, -0.1) is 5.10 Å². The van der Waals surface area contributed by atoms with E-state index in [9.17, 15) is 4.79 Å². The van der Waals surface area contributed by atoms with Gasteiger partial charge in [-0.05, 0) is 23.3 Å². The van der Waals surface area contributed by atoms with Crippen LogP contribution < -0.4 is 0 Å². The maximum Gasteiger partial charge on any atom is 0.325 e. The third kappa shape index (κ3) is 1.27. The number of aliphatic carboxylic acids is 1. The van der Waals surface area contributed by atoms with E-state index in [0.717, 1.165) is 12.8 Å². The molecule has 0 unspecified atom stereocenters. The number of carbonyl (C=O) groups is 1. The van der Waals surface area contributed by atoms with Crippen LogP contribution in [0.5, 0.6) is 0 Å². The van der Waals surface area contributed by atoms with Crippen molar-refractivity contribution >= 4 is 5.97 Å². The van der Waals surface area contributed by atoms with Crippen LogP contribution in [-0.2, 0) is 11.3 Å². The third-order valence-electron chi connectivity index (χ3n) is 1.79. The summed E-state index contributed by atoms with van der Waals surface area (Å²) in [7, 11) is 0. The number of hydrogen-bond acceptors (Lipinski definition) is 4. The van der Waals surface area contributed by atoms with Gasteiger partial charge in [0.25, 0.3) is 0 Å². The monoisotopic (exact) mass is 168 g/mol. The number of aromatic nitrogens is 4. The number of nitrogens with zero attached hydrogens (tertiary/aromatic N) is 4. The molecular weight excluding hydrogens is 160 g/mol. The van der Waals surface area contributed by atoms with E-state index in [1.165, 1.54) is 4.68 Å². The summed E-state index contributed by atoms with van der Waals surface area (Å²) in [5, 5.41) is 19.3. The van der Waals surface area contributed by atoms with E-state index in [4.69, 9.17) is 5.11 Å². The standard InChI is InChI=1S/C6H8N4O2/c11-5(12)3-10-6(4-1-2-4)7-8-9-10/h4H,1-3H2,(H,11,12). The van der Waals surface area contributed by atoms with Gasteiger partial charge in [0, 0.05) is 5.92 Å². The van der Waals surface area contributed by atoms with Gasteiger partial charge in [-0.1, -0.05) is 0 Å². The topological polar surface area (TPSA) is 80.9 Å². The van der Waals surface area contributed by atoms with Crippen molar-refractivity contribution in [1.82, 2.24) is 20.2 Å². The van der Waals surface area contributed by atoms with Gasteiger partial charge in [0.05, 0.1) is 0 Å². The van der Waals surface area contributed by atoms with E-state index in [-0.39, 0.29) is 6.54 Å². The number of hydrogen-bond donors (Lipinski definition) is 1. The molecule has 0 bridgehead atoms. The summed E-state index contributed by atoms with van der Waals surface area (Å²) in [4.78, 5) is 10.3. The highest BCUT2D eigenvalue weighted by Gasteiger charge is 2.29. The van der Waals surface area contributed by atoms with Crippen molar-refractivity contribution < 1.29 is 9.90 Å². The summed E-state index contributed by atoms with van der Waals surface area (Å²) < 4.78 is 1.35. The van der Waals surface area contributed by atoms with Crippen molar-refractivity contribution in [2.75, 3.05) is 0 Å². The van der Waals surface area contributed by atoms with E-state index >= 15 is 0 Å². The quantitative estimate of drug-likeness (QED) is 0.666. The molecule has 0 aromatic carbocycles. The zero-order chi connectivity index (χ0) is 8.55. The molecule has 1 fully saturated rings. The van der Waals surface area contributed by atoms with Gasteiger partial charge in [-0.3, -0.25) is 4.79 Å². The largest absolute Gasteiger partial charge is 0.480 e. The van der Waals surface area contributed by atoms with Gasteiger partial charge in [-0.2, -0.15) is 0 Å². The smallest absolute Gasteiger partial charge is 0.325 e. The van der Waals surface area contributed by atoms with Crippen LogP contribution in [0.15, 0.2) is 0 Å². The highest BCUT2D eigenvalue weighted by atomic mass is 16.4. The van der Waals surface area contributed by atoms with Crippen LogP contribution in [0.25, 0.3) is 0 Å². The summed E-state index contributed by atoms with van der Waals surface area (Å²) in [6, 6.07) is 0. The van der Waals surface area contributed by atoms with Crippen molar-refractivity contribution in [3.8, 4) is 0 Å². The first-order chi connectivity index (χ1) is 5.77. The first-order valence-corrected chi connectivity index (χ1v) is 3.75. The maximum absolute atomic E-state index is 10.3. The normalized spacial score (nSPS) is 16.3. The minimum atomic E-state index is -0.913. The second-order valence-electron chi connectivity index (χ2n) is 2.86. The minimum absolute atomic E-state index is 0.140. The van der Waals surface area contributed by atoms with E-state index in [1.54, 1.807) is 0 Å². The van der Waals surface area contributed by atoms with Gasteiger partial charge in [0.2, 0.25) is 0 Å². The lowest BCUT2D eigenvalue weighted by Gasteiger charge is -1.97. The van der Waals surface area contributed by atoms with Crippen molar-refractivity contribution in [3.63, 3.8) is 0 Å². The predicted octanol–water partition coefficient (Wildman–Crippen LogP) is -0.365. The van der Waals surface area contributed by atoms with Crippen LogP contribution in [-0.4, -0.2) is 31.3 Å². The average molecular weight is 168 g/mol. The summed E-state index contributed by atoms with van der Waals surface area (Å²) in [5.41, 5.74) is 0. The van der Waals surface area contributed by atoms with Gasteiger partial charge in [-0.25, -0.2) is 4.68 Å². The maximum atomic E-state index is 10.3. The van der Waals surface area contributed by atoms with E-state index in [0.29, 0.717) is 11.7 Å². The highest BCUT2D eigenvalue weighted by Crippen LogP contribution is 2.38. The van der Waals surface area contributed by atoms with Crippen LogP contribution >= 0.6 is 0 Å². The molecule has 1 aromatic heterocycles. The lowest BCUT2D eigenvalue weighted by molar-refractivity contribution is -0.138. The molecule has 0 amide bonds. The first kappa shape index (κ1) is 7.20. The molecule has 6 nitrogen and oxygen atoms in total. The molecule has 1 aliphatic carbocycles. The minimum Gasteiger partial charge on any atom is -0.480 e. The molecule has 64 valence electrons. The average Bonchev–Trinajstić information content (AvgIpc) is 2.73. The molecule has 1 N–H and O–H groups in total. The second kappa shape index (κ2) is 2.54. The Kier molecular flexibility index (Phi) is 1.53. The molecule has 1 heterocycles. The predicted molar refractivity (Wildman–Crippen MR) is 37.4 cm³/mol. The van der Waals surface area contributed by atoms with E-state index in [1.807, 2.05) is 0 Å². The molecule has 2 rings (SSSR count). The van der Waals surface area contributed by atoms with Gasteiger partial charge >= 0.3 is 5.97 Å². The Morgan fingerprint density at radius 3 is 3.00 bits per heavy atom. The van der Waals surface area contributed by atoms with Crippen LogP contribution in [0.2, 0.25) is 0 Å². The van der Waals surface area contributed by atoms with Gasteiger partial charge < -0.3 is 5.11 Å². The highest BCUT2D eigenvalue weighted by molar-refractivity contribution is 5.66. The Balaban J connectivity index is 2.18. The van der Waals surface area contributed by atoms with Crippen LogP contribution in [0, 0.1) is 0 Å². The van der Waals surface area contributed by atoms with Crippen LogP contribution in [0.1, 0.15) is 24.6 Å². The zero-order valence-electron chi connectivity index (χ0n) is 6.34. The Labute approximate surface area is 68.2 Å². The summed E-state index contributed by atoms with van der Waals surface area (Å²) in [6.07, 6.45) is 2.14. The first-order valence-electron chi connectivity index (χ1n) is 3.75. The second-order valence-corrected chi connectivity index (χ2v) is 2.86. The van der Waals surface area contributed by atoms with Gasteiger partial charge in [0.15, 0.2) is 5.82 Å². The molecular formula is C6H8N4O2. The summed E-state index contributed by atoms with van der Waals surface area (Å²) >= 11 is 0. The van der Waals surface area contributed by atoms with Crippen molar-refractivity contribution in [2.45, 2.75) is 25.3 Å². The lowest BCUT2D eigenvalue weighted by Crippen LogP contribution is -2.12. The Morgan fingerprint density at radius 2 is 2.42 bits per heavy atom. The molecule has 0 saturated heterocycles. The zero-order valence-corrected chi connectivity index (χ0v) is 6.34. The Hall–Kier alpha value is -1.46. The van der Waals surface area contributed by atoms with E-state index < -0.39 is 5.97 Å². The molecule has 0 radical (unpaired) electrons. The Morgan fingerprint density at radius 1 is 1.67 bits per heavy atom. The molecule has 6 heteroatoms. The number of tetrazole rings is 1. The number of carboxylic acids is 1. The Bertz CT molecular complexity index is 304. The number of rotatable bonds is 3. The fourth-order valence-electron chi connectivity index (χ4n) is 1.09. The molecule has 1 aromatic rings. The molecule has 0 aliphatic heterocycles. The summed E-state index contributed by atoms with van der Waals surface area (Å²) in [6.45, 7) is -0.140. The summed E-state index contributed by atoms with van der Waals surface area (Å²) in [5.74, 6) is 0.181. The molecule has 0 atom stereocenters. The van der Waals surface area contributed by atoms with E-state index in [2.05, 4.69) is 15.5 Å². The molecule has 0 spiro atoms. The van der Waals surface area contributed by atoms with Gasteiger partial charge in [0.1, 0.15) is 6.54 Å². The van der Waals surface area contributed by atoms with Crippen molar-refractivity contribution in [2.24, 2.45) is 0 Å². The van der Waals surface area contributed by atoms with Crippen molar-refractivity contribution in [3.05, 3.63) is 5.82 Å². The molecule has 1 aliphatic rings. The fraction of sp³-hybridized carbons (Fsp3) is 0.667. The fourth-order valence-corrected chi connectivity index (χ4v) is 1.09. The van der Waals surface area contributed by atoms with Crippen LogP contribution in [0.3, 0.4) is 0 Å². The lowest BCUT2D eigenvalue weighted by atomic mass is 10.4. The SMILES string of the molecule is O=C(O)Cn1nnnc1C1CC1. The molecule has 1 saturated carbocycles.